The number of carboxylic acids is 1. The third-order valence-corrected chi connectivity index (χ3v) is 6.94. The highest BCUT2D eigenvalue weighted by atomic mass is 19.1. The Balaban J connectivity index is 1.31. The molecule has 6 heteroatoms. The largest absolute Gasteiger partial charge is 0.486 e. The van der Waals surface area contributed by atoms with Crippen molar-refractivity contribution in [2.24, 2.45) is 0 Å². The fraction of sp³-hybridized carbons (Fsp3) is 0.258. The van der Waals surface area contributed by atoms with E-state index in [1.807, 2.05) is 29.2 Å². The Labute approximate surface area is 216 Å². The molecule has 0 radical (unpaired) electrons. The average molecular weight is 500 g/mol. The Bertz CT molecular complexity index is 1400. The van der Waals surface area contributed by atoms with Crippen molar-refractivity contribution in [3.8, 4) is 11.5 Å². The molecule has 5 nitrogen and oxygen atoms in total. The molecule has 0 bridgehead atoms. The molecule has 0 spiro atoms. The van der Waals surface area contributed by atoms with Gasteiger partial charge in [-0.25, -0.2) is 9.18 Å². The normalized spacial score (nSPS) is 15.6. The lowest BCUT2D eigenvalue weighted by molar-refractivity contribution is -0.139. The van der Waals surface area contributed by atoms with Gasteiger partial charge in [-0.15, -0.1) is 0 Å². The summed E-state index contributed by atoms with van der Waals surface area (Å²) in [5.41, 5.74) is 2.47. The lowest BCUT2D eigenvalue weighted by atomic mass is 9.90. The van der Waals surface area contributed by atoms with Crippen LogP contribution in [0.5, 0.6) is 11.5 Å². The van der Waals surface area contributed by atoms with Crippen LogP contribution in [-0.4, -0.2) is 30.3 Å². The van der Waals surface area contributed by atoms with E-state index in [-0.39, 0.29) is 11.9 Å². The van der Waals surface area contributed by atoms with Crippen LogP contribution in [0.15, 0.2) is 84.9 Å². The van der Waals surface area contributed by atoms with Gasteiger partial charge in [-0.2, -0.15) is 0 Å². The number of rotatable bonds is 9. The zero-order valence-electron chi connectivity index (χ0n) is 20.8. The Hall–Kier alpha value is -4.06. The van der Waals surface area contributed by atoms with Crippen LogP contribution < -0.4 is 14.4 Å². The fourth-order valence-corrected chi connectivity index (χ4v) is 5.12. The van der Waals surface area contributed by atoms with E-state index < -0.39 is 18.4 Å². The molecule has 4 aromatic carbocycles. The first-order valence-electron chi connectivity index (χ1n) is 12.6. The van der Waals surface area contributed by atoms with Gasteiger partial charge in [-0.3, -0.25) is 0 Å². The molecule has 0 aromatic heterocycles. The van der Waals surface area contributed by atoms with Gasteiger partial charge in [0, 0.05) is 0 Å². The van der Waals surface area contributed by atoms with Crippen LogP contribution in [0.25, 0.3) is 10.8 Å². The molecule has 0 fully saturated rings. The van der Waals surface area contributed by atoms with Crippen molar-refractivity contribution in [2.45, 2.75) is 38.2 Å². The Morgan fingerprint density at radius 2 is 1.76 bits per heavy atom. The topological polar surface area (TPSA) is 59.0 Å². The molecule has 2 atom stereocenters. The summed E-state index contributed by atoms with van der Waals surface area (Å²) in [6.07, 6.45) is 2.70. The zero-order chi connectivity index (χ0) is 25.8. The molecular formula is C31H30FNO4. The van der Waals surface area contributed by atoms with E-state index in [2.05, 4.69) is 49.4 Å². The van der Waals surface area contributed by atoms with Gasteiger partial charge in [-0.1, -0.05) is 67.6 Å². The van der Waals surface area contributed by atoms with E-state index in [1.54, 1.807) is 12.1 Å². The monoisotopic (exact) mass is 499 g/mol. The first kappa shape index (κ1) is 24.6. The molecule has 1 aliphatic rings. The second-order valence-electron chi connectivity index (χ2n) is 9.49. The van der Waals surface area contributed by atoms with Gasteiger partial charge >= 0.3 is 5.97 Å². The third-order valence-electron chi connectivity index (χ3n) is 6.94. The summed E-state index contributed by atoms with van der Waals surface area (Å²) in [6.45, 7) is 2.15. The number of carbonyl (C=O) groups is 1. The maximum atomic E-state index is 15.4. The van der Waals surface area contributed by atoms with Crippen LogP contribution in [0, 0.1) is 5.82 Å². The van der Waals surface area contributed by atoms with Crippen molar-refractivity contribution < 1.29 is 23.8 Å². The summed E-state index contributed by atoms with van der Waals surface area (Å²) >= 11 is 0. The summed E-state index contributed by atoms with van der Waals surface area (Å²) in [4.78, 5) is 12.8. The summed E-state index contributed by atoms with van der Waals surface area (Å²) in [5, 5.41) is 11.5. The predicted molar refractivity (Wildman–Crippen MR) is 144 cm³/mol. The summed E-state index contributed by atoms with van der Waals surface area (Å²) in [6, 6.07) is 27.4. The highest BCUT2D eigenvalue weighted by molar-refractivity contribution is 5.86. The van der Waals surface area contributed by atoms with E-state index in [4.69, 9.17) is 14.6 Å². The number of nitrogens with zero attached hydrogens (tertiary/aromatic N) is 1. The minimum absolute atomic E-state index is 0.0793. The molecule has 5 rings (SSSR count). The third kappa shape index (κ3) is 5.38. The van der Waals surface area contributed by atoms with Crippen molar-refractivity contribution in [1.82, 2.24) is 0 Å². The van der Waals surface area contributed by atoms with Crippen LogP contribution >= 0.6 is 0 Å². The van der Waals surface area contributed by atoms with Gasteiger partial charge in [-0.05, 0) is 65.8 Å². The molecular weight excluding hydrogens is 469 g/mol. The summed E-state index contributed by atoms with van der Waals surface area (Å²) in [5.74, 6) is -0.705. The van der Waals surface area contributed by atoms with Gasteiger partial charge in [0.1, 0.15) is 11.9 Å². The highest BCUT2D eigenvalue weighted by Gasteiger charge is 2.29. The van der Waals surface area contributed by atoms with Gasteiger partial charge in [0.25, 0.3) is 0 Å². The molecule has 0 saturated carbocycles. The van der Waals surface area contributed by atoms with Gasteiger partial charge in [0.15, 0.2) is 18.2 Å². The van der Waals surface area contributed by atoms with Crippen LogP contribution in [0.3, 0.4) is 0 Å². The van der Waals surface area contributed by atoms with Crippen molar-refractivity contribution >= 4 is 28.1 Å². The minimum Gasteiger partial charge on any atom is -0.486 e. The number of hydrogen-bond acceptors (Lipinski definition) is 4. The molecule has 37 heavy (non-hydrogen) atoms. The van der Waals surface area contributed by atoms with E-state index in [9.17, 15) is 4.79 Å². The standard InChI is InChI=1S/C31H30FNO4/c1-21(24-14-7-11-22-10-2-3-13-25(22)24)9-6-12-23-19-33(26-15-4-5-17-28(26)37-23)27-16-8-18-29(31(27)32)36-20-30(34)35/h2-5,7-8,10-11,13-18,21,23H,6,9,12,19-20H2,1H3,(H,34,35)/t21-,23?/m0/s1. The molecule has 0 saturated heterocycles. The number of fused-ring (bicyclic) bond motifs is 2. The lowest BCUT2D eigenvalue weighted by Crippen LogP contribution is -2.37. The first-order valence-corrected chi connectivity index (χ1v) is 12.6. The second-order valence-corrected chi connectivity index (χ2v) is 9.49. The predicted octanol–water partition coefficient (Wildman–Crippen LogP) is 7.32. The second kappa shape index (κ2) is 10.9. The van der Waals surface area contributed by atoms with Crippen molar-refractivity contribution in [3.05, 3.63) is 96.3 Å². The van der Waals surface area contributed by atoms with Gasteiger partial charge < -0.3 is 19.5 Å². The number of anilines is 2. The van der Waals surface area contributed by atoms with E-state index in [0.29, 0.717) is 23.9 Å². The maximum absolute atomic E-state index is 15.4. The van der Waals surface area contributed by atoms with Crippen molar-refractivity contribution in [3.63, 3.8) is 0 Å². The molecule has 4 aromatic rings. The number of hydrogen-bond donors (Lipinski definition) is 1. The minimum atomic E-state index is -1.15. The van der Waals surface area contributed by atoms with Crippen LogP contribution in [0.2, 0.25) is 0 Å². The van der Waals surface area contributed by atoms with E-state index >= 15 is 4.39 Å². The smallest absolute Gasteiger partial charge is 0.341 e. The Morgan fingerprint density at radius 1 is 1.03 bits per heavy atom. The summed E-state index contributed by atoms with van der Waals surface area (Å²) in [7, 11) is 0. The number of para-hydroxylation sites is 2. The first-order chi connectivity index (χ1) is 18.0. The number of aliphatic carboxylic acids is 1. The SMILES string of the molecule is C[C@@H](CCCC1CN(c2cccc(OCC(=O)O)c2F)c2ccccc2O1)c1cccc2ccccc12. The highest BCUT2D eigenvalue weighted by Crippen LogP contribution is 2.41. The molecule has 1 aliphatic heterocycles. The Morgan fingerprint density at radius 3 is 2.62 bits per heavy atom. The van der Waals surface area contributed by atoms with Gasteiger partial charge in [0.2, 0.25) is 0 Å². The number of carboxylic acid groups (broad SMARTS) is 1. The quantitative estimate of drug-likeness (QED) is 0.262. The van der Waals surface area contributed by atoms with Crippen LogP contribution in [0.4, 0.5) is 15.8 Å². The molecule has 0 amide bonds. The average Bonchev–Trinajstić information content (AvgIpc) is 2.91. The zero-order valence-corrected chi connectivity index (χ0v) is 20.8. The van der Waals surface area contributed by atoms with Crippen LogP contribution in [0.1, 0.15) is 37.7 Å². The molecule has 1 N–H and O–H groups in total. The molecule has 0 aliphatic carbocycles. The number of benzene rings is 4. The van der Waals surface area contributed by atoms with Crippen LogP contribution in [-0.2, 0) is 4.79 Å². The molecule has 1 unspecified atom stereocenters. The lowest BCUT2D eigenvalue weighted by Gasteiger charge is -2.36. The van der Waals surface area contributed by atoms with Gasteiger partial charge in [0.05, 0.1) is 17.9 Å². The maximum Gasteiger partial charge on any atom is 0.341 e. The summed E-state index contributed by atoms with van der Waals surface area (Å²) < 4.78 is 26.9. The van der Waals surface area contributed by atoms with Crippen molar-refractivity contribution in [2.75, 3.05) is 18.1 Å². The molecule has 1 heterocycles. The fourth-order valence-electron chi connectivity index (χ4n) is 5.12. The number of halogens is 1. The van der Waals surface area contributed by atoms with Crippen molar-refractivity contribution in [1.29, 1.82) is 0 Å². The Kier molecular flexibility index (Phi) is 7.26. The van der Waals surface area contributed by atoms with E-state index in [0.717, 1.165) is 24.9 Å². The number of ether oxygens (including phenoxy) is 2. The van der Waals surface area contributed by atoms with E-state index in [1.165, 1.54) is 22.4 Å². The molecule has 190 valence electrons.